The second kappa shape index (κ2) is 5.65. The molecule has 1 N–H and O–H groups in total. The predicted molar refractivity (Wildman–Crippen MR) is 92.2 cm³/mol. The maximum atomic E-state index is 11.4. The number of nitrogens with one attached hydrogen (secondary N) is 1. The molecule has 0 spiro atoms. The van der Waals surface area contributed by atoms with Crippen molar-refractivity contribution >= 4 is 22.9 Å². The summed E-state index contributed by atoms with van der Waals surface area (Å²) in [5.74, 6) is 0.741. The molecule has 0 saturated carbocycles. The first kappa shape index (κ1) is 14.7. The van der Waals surface area contributed by atoms with Crippen molar-refractivity contribution in [1.82, 2.24) is 4.90 Å². The van der Waals surface area contributed by atoms with Gasteiger partial charge >= 0.3 is 0 Å². The fraction of sp³-hybridized carbons (Fsp3) is 0.389. The van der Waals surface area contributed by atoms with Crippen LogP contribution in [0.3, 0.4) is 0 Å². The number of fused-ring (bicyclic) bond motifs is 4. The van der Waals surface area contributed by atoms with Crippen molar-refractivity contribution in [2.75, 3.05) is 19.0 Å². The number of thiophene rings is 1. The van der Waals surface area contributed by atoms with Gasteiger partial charge in [0.15, 0.2) is 0 Å². The molecule has 2 aromatic rings. The normalized spacial score (nSPS) is 19.5. The molecule has 0 aliphatic carbocycles. The lowest BCUT2D eigenvalue weighted by atomic mass is 9.86. The Morgan fingerprint density at radius 2 is 2.26 bits per heavy atom. The Morgan fingerprint density at radius 1 is 1.39 bits per heavy atom. The number of hydrogen-bond acceptors (Lipinski definition) is 4. The maximum absolute atomic E-state index is 11.4. The van der Waals surface area contributed by atoms with Gasteiger partial charge in [0.25, 0.3) is 0 Å². The number of benzene rings is 1. The largest absolute Gasteiger partial charge is 0.494 e. The van der Waals surface area contributed by atoms with Crippen LogP contribution >= 0.6 is 11.3 Å². The summed E-state index contributed by atoms with van der Waals surface area (Å²) in [6, 6.07) is 6.87. The summed E-state index contributed by atoms with van der Waals surface area (Å²) in [6.45, 7) is 3.49. The van der Waals surface area contributed by atoms with Gasteiger partial charge in [0.2, 0.25) is 5.91 Å². The Bertz CT molecular complexity index is 768. The quantitative estimate of drug-likeness (QED) is 0.919. The Labute approximate surface area is 140 Å². The highest BCUT2D eigenvalue weighted by Crippen LogP contribution is 2.43. The second-order valence-corrected chi connectivity index (χ2v) is 7.21. The molecule has 1 unspecified atom stereocenters. The van der Waals surface area contributed by atoms with E-state index in [-0.39, 0.29) is 5.91 Å². The van der Waals surface area contributed by atoms with E-state index in [1.807, 2.05) is 17.4 Å². The molecule has 4 rings (SSSR count). The molecule has 2 aliphatic rings. The van der Waals surface area contributed by atoms with Gasteiger partial charge in [0.1, 0.15) is 5.75 Å². The van der Waals surface area contributed by atoms with Gasteiger partial charge in [0, 0.05) is 36.5 Å². The van der Waals surface area contributed by atoms with Crippen LogP contribution in [-0.2, 0) is 24.2 Å². The minimum absolute atomic E-state index is 0.0715. The van der Waals surface area contributed by atoms with Crippen LogP contribution in [0.5, 0.6) is 5.75 Å². The summed E-state index contributed by atoms with van der Waals surface area (Å²) in [6.07, 6.45) is 2.14. The molecule has 5 heteroatoms. The number of nitrogens with zero attached hydrogens (tertiary/aromatic N) is 1. The van der Waals surface area contributed by atoms with Crippen molar-refractivity contribution < 1.29 is 9.53 Å². The van der Waals surface area contributed by atoms with E-state index in [4.69, 9.17) is 4.74 Å². The summed E-state index contributed by atoms with van der Waals surface area (Å²) >= 11 is 1.88. The summed E-state index contributed by atoms with van der Waals surface area (Å²) in [7, 11) is 1.68. The van der Waals surface area contributed by atoms with E-state index < -0.39 is 0 Å². The van der Waals surface area contributed by atoms with Crippen molar-refractivity contribution in [2.45, 2.75) is 32.4 Å². The molecule has 1 atom stereocenters. The zero-order chi connectivity index (χ0) is 16.0. The van der Waals surface area contributed by atoms with Gasteiger partial charge in [-0.2, -0.15) is 0 Å². The highest BCUT2D eigenvalue weighted by molar-refractivity contribution is 7.10. The third-order valence-electron chi connectivity index (χ3n) is 4.85. The third kappa shape index (κ3) is 2.44. The van der Waals surface area contributed by atoms with Crippen molar-refractivity contribution in [1.29, 1.82) is 0 Å². The van der Waals surface area contributed by atoms with E-state index >= 15 is 0 Å². The van der Waals surface area contributed by atoms with E-state index in [1.54, 1.807) is 7.11 Å². The molecular formula is C18H20N2O2S. The lowest BCUT2D eigenvalue weighted by Gasteiger charge is -2.40. The van der Waals surface area contributed by atoms with E-state index in [2.05, 4.69) is 27.7 Å². The first-order valence-electron chi connectivity index (χ1n) is 7.94. The van der Waals surface area contributed by atoms with E-state index in [1.165, 1.54) is 28.5 Å². The van der Waals surface area contributed by atoms with Crippen LogP contribution in [0.1, 0.15) is 34.5 Å². The fourth-order valence-corrected chi connectivity index (χ4v) is 4.77. The standard InChI is InChI=1S/C18H20N2O2S/c1-11(21)19-15-4-3-12-9-16-13-6-8-23-17(13)5-7-20(16)10-14(12)18(15)22-2/h3-4,6,8,16H,5,7,9-10H2,1-2H3,(H,19,21). The van der Waals surface area contributed by atoms with Gasteiger partial charge in [-0.3, -0.25) is 9.69 Å². The highest BCUT2D eigenvalue weighted by atomic mass is 32.1. The van der Waals surface area contributed by atoms with E-state index in [0.717, 1.165) is 37.4 Å². The number of carbonyl (C=O) groups is 1. The molecule has 0 radical (unpaired) electrons. The van der Waals surface area contributed by atoms with Crippen LogP contribution in [0, 0.1) is 0 Å². The number of amides is 1. The molecule has 120 valence electrons. The molecule has 2 aliphatic heterocycles. The lowest BCUT2D eigenvalue weighted by Crippen LogP contribution is -2.38. The van der Waals surface area contributed by atoms with Gasteiger partial charge in [-0.25, -0.2) is 0 Å². The molecule has 3 heterocycles. The molecule has 1 aromatic carbocycles. The van der Waals surface area contributed by atoms with Crippen LogP contribution in [-0.4, -0.2) is 24.5 Å². The highest BCUT2D eigenvalue weighted by Gasteiger charge is 2.34. The van der Waals surface area contributed by atoms with Crippen LogP contribution in [0.15, 0.2) is 23.6 Å². The monoisotopic (exact) mass is 328 g/mol. The number of anilines is 1. The Morgan fingerprint density at radius 3 is 3.04 bits per heavy atom. The molecule has 0 saturated heterocycles. The Balaban J connectivity index is 1.74. The minimum Gasteiger partial charge on any atom is -0.494 e. The molecule has 0 bridgehead atoms. The van der Waals surface area contributed by atoms with Crippen molar-refractivity contribution in [3.8, 4) is 5.75 Å². The maximum Gasteiger partial charge on any atom is 0.221 e. The van der Waals surface area contributed by atoms with Gasteiger partial charge in [-0.15, -0.1) is 11.3 Å². The number of rotatable bonds is 2. The number of ether oxygens (including phenoxy) is 1. The molecule has 23 heavy (non-hydrogen) atoms. The van der Waals surface area contributed by atoms with Crippen LogP contribution in [0.4, 0.5) is 5.69 Å². The van der Waals surface area contributed by atoms with E-state index in [9.17, 15) is 4.79 Å². The van der Waals surface area contributed by atoms with Crippen LogP contribution in [0.2, 0.25) is 0 Å². The Kier molecular flexibility index (Phi) is 3.62. The van der Waals surface area contributed by atoms with Gasteiger partial charge in [0.05, 0.1) is 12.8 Å². The minimum atomic E-state index is -0.0715. The first-order chi connectivity index (χ1) is 11.2. The fourth-order valence-electron chi connectivity index (χ4n) is 3.84. The summed E-state index contributed by atoms with van der Waals surface area (Å²) in [4.78, 5) is 15.5. The second-order valence-electron chi connectivity index (χ2n) is 6.20. The smallest absolute Gasteiger partial charge is 0.221 e. The van der Waals surface area contributed by atoms with Gasteiger partial charge < -0.3 is 10.1 Å². The number of methoxy groups -OCH3 is 1. The van der Waals surface area contributed by atoms with Crippen LogP contribution < -0.4 is 10.1 Å². The molecule has 1 amide bonds. The van der Waals surface area contributed by atoms with Crippen LogP contribution in [0.25, 0.3) is 0 Å². The number of carbonyl (C=O) groups excluding carboxylic acids is 1. The molecule has 1 aromatic heterocycles. The lowest BCUT2D eigenvalue weighted by molar-refractivity contribution is -0.114. The predicted octanol–water partition coefficient (Wildman–Crippen LogP) is 3.37. The summed E-state index contributed by atoms with van der Waals surface area (Å²) in [5.41, 5.74) is 4.81. The first-order valence-corrected chi connectivity index (χ1v) is 8.82. The van der Waals surface area contributed by atoms with Gasteiger partial charge in [-0.05, 0) is 41.5 Å². The summed E-state index contributed by atoms with van der Waals surface area (Å²) < 4.78 is 5.64. The van der Waals surface area contributed by atoms with Crippen molar-refractivity contribution in [3.63, 3.8) is 0 Å². The van der Waals surface area contributed by atoms with Crippen molar-refractivity contribution in [3.05, 3.63) is 45.1 Å². The van der Waals surface area contributed by atoms with Gasteiger partial charge in [-0.1, -0.05) is 6.07 Å². The zero-order valence-electron chi connectivity index (χ0n) is 13.4. The summed E-state index contributed by atoms with van der Waals surface area (Å²) in [5, 5.41) is 5.09. The SMILES string of the molecule is COc1c(NC(C)=O)ccc2c1CN1CCc3sccc3C1C2. The Hall–Kier alpha value is -1.85. The molecule has 4 nitrogen and oxygen atoms in total. The zero-order valence-corrected chi connectivity index (χ0v) is 14.2. The third-order valence-corrected chi connectivity index (χ3v) is 5.85. The van der Waals surface area contributed by atoms with E-state index in [0.29, 0.717) is 6.04 Å². The molecule has 0 fully saturated rings. The topological polar surface area (TPSA) is 41.6 Å². The number of hydrogen-bond donors (Lipinski definition) is 1. The average Bonchev–Trinajstić information content (AvgIpc) is 3.01. The average molecular weight is 328 g/mol. The van der Waals surface area contributed by atoms with Crippen molar-refractivity contribution in [2.24, 2.45) is 0 Å². The molecular weight excluding hydrogens is 308 g/mol.